The Morgan fingerprint density at radius 2 is 2.12 bits per heavy atom. The van der Waals surface area contributed by atoms with Crippen LogP contribution in [-0.4, -0.2) is 32.3 Å². The van der Waals surface area contributed by atoms with Crippen molar-refractivity contribution in [2.45, 2.75) is 31.7 Å². The minimum Gasteiger partial charge on any atom is -0.336 e. The fourth-order valence-electron chi connectivity index (χ4n) is 3.59. The smallest absolute Gasteiger partial charge is 0.270 e. The SMILES string of the molecule is O=C(CCc1nc2ccccc2[nH]c1=O)N1CCCC1c1cccnc1. The normalized spacial score (nSPS) is 16.9. The number of H-pyrrole nitrogens is 1. The van der Waals surface area contributed by atoms with E-state index in [1.165, 1.54) is 0 Å². The highest BCUT2D eigenvalue weighted by Gasteiger charge is 2.29. The summed E-state index contributed by atoms with van der Waals surface area (Å²) in [6.45, 7) is 0.750. The van der Waals surface area contributed by atoms with Gasteiger partial charge in [0, 0.05) is 31.8 Å². The Balaban J connectivity index is 1.48. The molecule has 3 heterocycles. The van der Waals surface area contributed by atoms with Crippen molar-refractivity contribution in [2.75, 3.05) is 6.54 Å². The van der Waals surface area contributed by atoms with Crippen LogP contribution in [0, 0.1) is 0 Å². The number of aryl methyl sites for hydroxylation is 1. The van der Waals surface area contributed by atoms with E-state index in [2.05, 4.69) is 15.0 Å². The number of hydrogen-bond donors (Lipinski definition) is 1. The summed E-state index contributed by atoms with van der Waals surface area (Å²) in [6.07, 6.45) is 6.13. The van der Waals surface area contributed by atoms with Crippen LogP contribution < -0.4 is 5.56 Å². The number of carbonyl (C=O) groups excluding carboxylic acids is 1. The Labute approximate surface area is 150 Å². The quantitative estimate of drug-likeness (QED) is 0.786. The largest absolute Gasteiger partial charge is 0.336 e. The molecule has 0 bridgehead atoms. The first kappa shape index (κ1) is 16.4. The molecule has 1 aliphatic heterocycles. The van der Waals surface area contributed by atoms with Gasteiger partial charge >= 0.3 is 0 Å². The molecule has 132 valence electrons. The number of benzene rings is 1. The van der Waals surface area contributed by atoms with Crippen molar-refractivity contribution < 1.29 is 4.79 Å². The maximum absolute atomic E-state index is 12.7. The second-order valence-electron chi connectivity index (χ2n) is 6.56. The summed E-state index contributed by atoms with van der Waals surface area (Å²) in [5.74, 6) is 0.0608. The maximum atomic E-state index is 12.7. The zero-order valence-corrected chi connectivity index (χ0v) is 14.4. The third kappa shape index (κ3) is 3.22. The first-order valence-electron chi connectivity index (χ1n) is 8.90. The highest BCUT2D eigenvalue weighted by atomic mass is 16.2. The summed E-state index contributed by atoms with van der Waals surface area (Å²) in [6, 6.07) is 11.4. The summed E-state index contributed by atoms with van der Waals surface area (Å²) in [5, 5.41) is 0. The molecule has 0 saturated carbocycles. The second-order valence-corrected chi connectivity index (χ2v) is 6.56. The van der Waals surface area contributed by atoms with Gasteiger partial charge in [-0.3, -0.25) is 14.6 Å². The van der Waals surface area contributed by atoms with Crippen molar-refractivity contribution in [3.8, 4) is 0 Å². The number of amides is 1. The van der Waals surface area contributed by atoms with Crippen LogP contribution in [-0.2, 0) is 11.2 Å². The average molecular weight is 348 g/mol. The lowest BCUT2D eigenvalue weighted by atomic mass is 10.1. The van der Waals surface area contributed by atoms with E-state index in [9.17, 15) is 9.59 Å². The topological polar surface area (TPSA) is 79.0 Å². The molecule has 6 heteroatoms. The summed E-state index contributed by atoms with van der Waals surface area (Å²) in [5.41, 5.74) is 2.71. The van der Waals surface area contributed by atoms with E-state index < -0.39 is 0 Å². The van der Waals surface area contributed by atoms with E-state index in [0.717, 1.165) is 30.5 Å². The van der Waals surface area contributed by atoms with Crippen LogP contribution in [0.3, 0.4) is 0 Å². The molecular formula is C20H20N4O2. The first-order valence-corrected chi connectivity index (χ1v) is 8.90. The number of para-hydroxylation sites is 2. The van der Waals surface area contributed by atoms with Crippen molar-refractivity contribution in [3.05, 3.63) is 70.4 Å². The van der Waals surface area contributed by atoms with Crippen LogP contribution in [0.2, 0.25) is 0 Å². The highest BCUT2D eigenvalue weighted by molar-refractivity contribution is 5.77. The predicted molar refractivity (Wildman–Crippen MR) is 98.6 cm³/mol. The Morgan fingerprint density at radius 1 is 1.23 bits per heavy atom. The minimum absolute atomic E-state index is 0.0608. The number of nitrogens with zero attached hydrogens (tertiary/aromatic N) is 3. The van der Waals surface area contributed by atoms with E-state index in [-0.39, 0.29) is 23.9 Å². The molecule has 0 radical (unpaired) electrons. The van der Waals surface area contributed by atoms with Crippen molar-refractivity contribution in [1.82, 2.24) is 19.9 Å². The molecule has 0 spiro atoms. The Kier molecular flexibility index (Phi) is 4.48. The third-order valence-electron chi connectivity index (χ3n) is 4.89. The number of nitrogens with one attached hydrogen (secondary N) is 1. The lowest BCUT2D eigenvalue weighted by Crippen LogP contribution is -2.31. The van der Waals surface area contributed by atoms with Gasteiger partial charge in [-0.25, -0.2) is 4.98 Å². The van der Waals surface area contributed by atoms with Crippen molar-refractivity contribution >= 4 is 16.9 Å². The molecule has 1 unspecified atom stereocenters. The monoisotopic (exact) mass is 348 g/mol. The molecule has 1 atom stereocenters. The van der Waals surface area contributed by atoms with E-state index in [1.54, 1.807) is 6.20 Å². The van der Waals surface area contributed by atoms with Crippen LogP contribution in [0.5, 0.6) is 0 Å². The minimum atomic E-state index is -0.221. The van der Waals surface area contributed by atoms with Gasteiger partial charge in [0.05, 0.1) is 17.1 Å². The Hall–Kier alpha value is -3.02. The lowest BCUT2D eigenvalue weighted by molar-refractivity contribution is -0.132. The highest BCUT2D eigenvalue weighted by Crippen LogP contribution is 2.31. The lowest BCUT2D eigenvalue weighted by Gasteiger charge is -2.24. The van der Waals surface area contributed by atoms with Crippen molar-refractivity contribution in [3.63, 3.8) is 0 Å². The summed E-state index contributed by atoms with van der Waals surface area (Å²) in [7, 11) is 0. The number of aromatic amines is 1. The number of likely N-dealkylation sites (tertiary alicyclic amines) is 1. The van der Waals surface area contributed by atoms with Crippen LogP contribution in [0.1, 0.15) is 36.6 Å². The molecule has 1 aliphatic rings. The van der Waals surface area contributed by atoms with Crippen molar-refractivity contribution in [2.24, 2.45) is 0 Å². The van der Waals surface area contributed by atoms with Crippen LogP contribution in [0.15, 0.2) is 53.6 Å². The molecule has 2 aromatic heterocycles. The molecule has 1 N–H and O–H groups in total. The number of pyridine rings is 1. The summed E-state index contributed by atoms with van der Waals surface area (Å²) < 4.78 is 0. The van der Waals surface area contributed by atoms with Gasteiger partial charge < -0.3 is 9.88 Å². The van der Waals surface area contributed by atoms with Crippen LogP contribution in [0.25, 0.3) is 11.0 Å². The van der Waals surface area contributed by atoms with Crippen LogP contribution in [0.4, 0.5) is 0 Å². The molecule has 0 aliphatic carbocycles. The van der Waals surface area contributed by atoms with E-state index in [1.807, 2.05) is 47.5 Å². The molecule has 6 nitrogen and oxygen atoms in total. The number of rotatable bonds is 4. The standard InChI is InChI=1S/C20H20N4O2/c25-19(24-12-4-8-18(24)14-5-3-11-21-13-14)10-9-17-20(26)23-16-7-2-1-6-15(16)22-17/h1-3,5-7,11,13,18H,4,8-10,12H2,(H,23,26). The van der Waals surface area contributed by atoms with Gasteiger partial charge in [-0.2, -0.15) is 0 Å². The predicted octanol–water partition coefficient (Wildman–Crippen LogP) is 2.61. The summed E-state index contributed by atoms with van der Waals surface area (Å²) >= 11 is 0. The zero-order valence-electron chi connectivity index (χ0n) is 14.4. The van der Waals surface area contributed by atoms with Gasteiger partial charge in [0.1, 0.15) is 5.69 Å². The van der Waals surface area contributed by atoms with E-state index in [4.69, 9.17) is 0 Å². The molecule has 26 heavy (non-hydrogen) atoms. The van der Waals surface area contributed by atoms with Gasteiger partial charge in [-0.05, 0) is 36.6 Å². The number of aromatic nitrogens is 3. The van der Waals surface area contributed by atoms with Crippen LogP contribution >= 0.6 is 0 Å². The third-order valence-corrected chi connectivity index (χ3v) is 4.89. The molecule has 4 rings (SSSR count). The van der Waals surface area contributed by atoms with E-state index >= 15 is 0 Å². The number of hydrogen-bond acceptors (Lipinski definition) is 4. The fraction of sp³-hybridized carbons (Fsp3) is 0.300. The van der Waals surface area contributed by atoms with Gasteiger partial charge in [-0.1, -0.05) is 18.2 Å². The Morgan fingerprint density at radius 3 is 2.96 bits per heavy atom. The van der Waals surface area contributed by atoms with Gasteiger partial charge in [0.2, 0.25) is 5.91 Å². The van der Waals surface area contributed by atoms with Gasteiger partial charge in [0.25, 0.3) is 5.56 Å². The number of carbonyl (C=O) groups is 1. The number of fused-ring (bicyclic) bond motifs is 1. The maximum Gasteiger partial charge on any atom is 0.270 e. The second kappa shape index (κ2) is 7.07. The average Bonchev–Trinajstić information content (AvgIpc) is 3.17. The first-order chi connectivity index (χ1) is 12.7. The zero-order chi connectivity index (χ0) is 17.9. The Bertz CT molecular complexity index is 984. The van der Waals surface area contributed by atoms with Crippen molar-refractivity contribution in [1.29, 1.82) is 0 Å². The molecule has 3 aromatic rings. The van der Waals surface area contributed by atoms with E-state index in [0.29, 0.717) is 17.6 Å². The summed E-state index contributed by atoms with van der Waals surface area (Å²) in [4.78, 5) is 38.3. The fourth-order valence-corrected chi connectivity index (χ4v) is 3.59. The molecule has 1 aromatic carbocycles. The molecule has 1 fully saturated rings. The molecule has 1 saturated heterocycles. The van der Waals surface area contributed by atoms with Gasteiger partial charge in [0.15, 0.2) is 0 Å². The molecule has 1 amide bonds. The van der Waals surface area contributed by atoms with Gasteiger partial charge in [-0.15, -0.1) is 0 Å². The molecular weight excluding hydrogens is 328 g/mol.